The highest BCUT2D eigenvalue weighted by Crippen LogP contribution is 2.25. The number of hydrogen-bond acceptors (Lipinski definition) is 6. The van der Waals surface area contributed by atoms with E-state index in [9.17, 15) is 0 Å². The van der Waals surface area contributed by atoms with Crippen LogP contribution in [-0.4, -0.2) is 21.0 Å². The van der Waals surface area contributed by atoms with Gasteiger partial charge < -0.3 is 16.4 Å². The minimum absolute atomic E-state index is 0.309. The summed E-state index contributed by atoms with van der Waals surface area (Å²) in [6.07, 6.45) is 5.91. The molecule has 19 heavy (non-hydrogen) atoms. The Kier molecular flexibility index (Phi) is 4.12. The maximum absolute atomic E-state index is 6.06. The third-order valence-electron chi connectivity index (χ3n) is 2.80. The van der Waals surface area contributed by atoms with Crippen molar-refractivity contribution in [3.05, 3.63) is 30.9 Å². The van der Waals surface area contributed by atoms with Gasteiger partial charge in [0, 0.05) is 12.2 Å². The van der Waals surface area contributed by atoms with Gasteiger partial charge in [-0.3, -0.25) is 4.98 Å². The number of nitrogens with one attached hydrogen (secondary N) is 2. The lowest BCUT2D eigenvalue weighted by Gasteiger charge is -2.15. The van der Waals surface area contributed by atoms with E-state index in [1.807, 2.05) is 12.1 Å². The molecule has 2 rings (SSSR count). The van der Waals surface area contributed by atoms with E-state index in [1.54, 1.807) is 12.4 Å². The number of aromatic nitrogens is 3. The molecule has 0 aliphatic carbocycles. The summed E-state index contributed by atoms with van der Waals surface area (Å²) in [5, 5.41) is 6.38. The zero-order valence-electron chi connectivity index (χ0n) is 11.1. The average Bonchev–Trinajstić information content (AvgIpc) is 2.44. The van der Waals surface area contributed by atoms with E-state index in [0.717, 1.165) is 12.1 Å². The summed E-state index contributed by atoms with van der Waals surface area (Å²) in [4.78, 5) is 12.4. The van der Waals surface area contributed by atoms with E-state index in [0.29, 0.717) is 23.4 Å². The summed E-state index contributed by atoms with van der Waals surface area (Å²) in [7, 11) is 0. The Balaban J connectivity index is 2.20. The second-order valence-electron chi connectivity index (χ2n) is 4.30. The van der Waals surface area contributed by atoms with Gasteiger partial charge >= 0.3 is 0 Å². The van der Waals surface area contributed by atoms with Gasteiger partial charge in [0.2, 0.25) is 0 Å². The van der Waals surface area contributed by atoms with Crippen molar-refractivity contribution in [2.24, 2.45) is 0 Å². The molecule has 2 heterocycles. The molecule has 0 aliphatic heterocycles. The Bertz CT molecular complexity index is 528. The van der Waals surface area contributed by atoms with E-state index in [-0.39, 0.29) is 0 Å². The Morgan fingerprint density at radius 1 is 1.32 bits per heavy atom. The predicted octanol–water partition coefficient (Wildman–Crippen LogP) is 2.41. The number of pyridine rings is 1. The molecule has 2 aromatic rings. The van der Waals surface area contributed by atoms with Gasteiger partial charge in [-0.25, -0.2) is 9.97 Å². The fourth-order valence-electron chi connectivity index (χ4n) is 1.52. The fraction of sp³-hybridized carbons (Fsp3) is 0.308. The maximum Gasteiger partial charge on any atom is 0.159 e. The van der Waals surface area contributed by atoms with Crippen molar-refractivity contribution < 1.29 is 0 Å². The molecule has 1 atom stereocenters. The molecule has 6 nitrogen and oxygen atoms in total. The van der Waals surface area contributed by atoms with Crippen LogP contribution in [0, 0.1) is 0 Å². The van der Waals surface area contributed by atoms with Crippen LogP contribution in [0.25, 0.3) is 0 Å². The highest BCUT2D eigenvalue weighted by Gasteiger charge is 2.09. The minimum Gasteiger partial charge on any atom is -0.393 e. The normalized spacial score (nSPS) is 11.9. The highest BCUT2D eigenvalue weighted by atomic mass is 15.1. The summed E-state index contributed by atoms with van der Waals surface area (Å²) >= 11 is 0. The zero-order chi connectivity index (χ0) is 13.7. The summed E-state index contributed by atoms with van der Waals surface area (Å²) in [6.45, 7) is 4.18. The average molecular weight is 258 g/mol. The number of rotatable bonds is 5. The van der Waals surface area contributed by atoms with Crippen molar-refractivity contribution in [2.75, 3.05) is 16.4 Å². The summed E-state index contributed by atoms with van der Waals surface area (Å²) in [6, 6.07) is 4.05. The molecular weight excluding hydrogens is 240 g/mol. The lowest BCUT2D eigenvalue weighted by atomic mass is 10.2. The van der Waals surface area contributed by atoms with Crippen LogP contribution >= 0.6 is 0 Å². The van der Waals surface area contributed by atoms with Gasteiger partial charge in [-0.2, -0.15) is 0 Å². The van der Waals surface area contributed by atoms with E-state index in [1.165, 1.54) is 6.33 Å². The summed E-state index contributed by atoms with van der Waals surface area (Å²) in [5.74, 6) is 1.23. The van der Waals surface area contributed by atoms with Gasteiger partial charge in [-0.1, -0.05) is 6.92 Å². The molecule has 0 fully saturated rings. The lowest BCUT2D eigenvalue weighted by Crippen LogP contribution is -2.16. The quantitative estimate of drug-likeness (QED) is 0.763. The van der Waals surface area contributed by atoms with Gasteiger partial charge in [0.05, 0.1) is 11.9 Å². The molecule has 2 aromatic heterocycles. The molecule has 0 radical (unpaired) electrons. The molecule has 0 spiro atoms. The molecule has 6 heteroatoms. The standard InChI is InChI=1S/C13H18N6/c1-3-9(2)18-12-11(14)13(17-8-16-12)19-10-5-4-6-15-7-10/h4-9H,3,14H2,1-2H3,(H2,16,17,18,19). The molecule has 1 unspecified atom stereocenters. The second kappa shape index (κ2) is 5.99. The van der Waals surface area contributed by atoms with Crippen molar-refractivity contribution in [3.63, 3.8) is 0 Å². The second-order valence-corrected chi connectivity index (χ2v) is 4.30. The molecule has 0 saturated carbocycles. The number of anilines is 4. The first kappa shape index (κ1) is 13.1. The number of nitrogens with two attached hydrogens (primary N) is 1. The Morgan fingerprint density at radius 3 is 2.79 bits per heavy atom. The topological polar surface area (TPSA) is 88.8 Å². The molecule has 100 valence electrons. The number of hydrogen-bond donors (Lipinski definition) is 3. The van der Waals surface area contributed by atoms with Gasteiger partial charge in [0.25, 0.3) is 0 Å². The number of nitrogens with zero attached hydrogens (tertiary/aromatic N) is 3. The highest BCUT2D eigenvalue weighted by molar-refractivity contribution is 5.77. The van der Waals surface area contributed by atoms with E-state index in [2.05, 4.69) is 39.4 Å². The third kappa shape index (κ3) is 3.31. The van der Waals surface area contributed by atoms with Crippen molar-refractivity contribution in [3.8, 4) is 0 Å². The Morgan fingerprint density at radius 2 is 2.11 bits per heavy atom. The van der Waals surface area contributed by atoms with Crippen molar-refractivity contribution in [1.29, 1.82) is 0 Å². The maximum atomic E-state index is 6.06. The molecule has 0 saturated heterocycles. The Hall–Kier alpha value is -2.37. The third-order valence-corrected chi connectivity index (χ3v) is 2.80. The van der Waals surface area contributed by atoms with Crippen LogP contribution in [0.15, 0.2) is 30.9 Å². The van der Waals surface area contributed by atoms with Crippen LogP contribution in [0.3, 0.4) is 0 Å². The molecule has 0 aliphatic rings. The first-order chi connectivity index (χ1) is 9.20. The monoisotopic (exact) mass is 258 g/mol. The van der Waals surface area contributed by atoms with E-state index in [4.69, 9.17) is 5.73 Å². The van der Waals surface area contributed by atoms with Crippen molar-refractivity contribution in [2.45, 2.75) is 26.3 Å². The fourth-order valence-corrected chi connectivity index (χ4v) is 1.52. The van der Waals surface area contributed by atoms with Crippen LogP contribution < -0.4 is 16.4 Å². The minimum atomic E-state index is 0.309. The molecule has 0 amide bonds. The first-order valence-corrected chi connectivity index (χ1v) is 6.24. The number of nitrogen functional groups attached to an aromatic ring is 1. The lowest BCUT2D eigenvalue weighted by molar-refractivity contribution is 0.759. The van der Waals surface area contributed by atoms with Crippen LogP contribution in [0.4, 0.5) is 23.0 Å². The summed E-state index contributed by atoms with van der Waals surface area (Å²) in [5.41, 5.74) is 7.41. The van der Waals surface area contributed by atoms with Gasteiger partial charge in [-0.15, -0.1) is 0 Å². The predicted molar refractivity (Wildman–Crippen MR) is 77.3 cm³/mol. The Labute approximate surface area is 112 Å². The van der Waals surface area contributed by atoms with Crippen LogP contribution in [0.2, 0.25) is 0 Å². The molecule has 4 N–H and O–H groups in total. The molecular formula is C13H18N6. The molecule has 0 aromatic carbocycles. The van der Waals surface area contributed by atoms with Crippen LogP contribution in [0.5, 0.6) is 0 Å². The summed E-state index contributed by atoms with van der Waals surface area (Å²) < 4.78 is 0. The smallest absolute Gasteiger partial charge is 0.159 e. The van der Waals surface area contributed by atoms with Crippen LogP contribution in [-0.2, 0) is 0 Å². The largest absolute Gasteiger partial charge is 0.393 e. The SMILES string of the molecule is CCC(C)Nc1ncnc(Nc2cccnc2)c1N. The van der Waals surface area contributed by atoms with Gasteiger partial charge in [-0.05, 0) is 25.5 Å². The van der Waals surface area contributed by atoms with Gasteiger partial charge in [0.15, 0.2) is 11.6 Å². The molecule has 0 bridgehead atoms. The zero-order valence-corrected chi connectivity index (χ0v) is 11.1. The van der Waals surface area contributed by atoms with Crippen molar-refractivity contribution >= 4 is 23.0 Å². The van der Waals surface area contributed by atoms with Crippen molar-refractivity contribution in [1.82, 2.24) is 15.0 Å². The van der Waals surface area contributed by atoms with E-state index >= 15 is 0 Å². The van der Waals surface area contributed by atoms with E-state index < -0.39 is 0 Å². The first-order valence-electron chi connectivity index (χ1n) is 6.24. The van der Waals surface area contributed by atoms with Gasteiger partial charge in [0.1, 0.15) is 12.0 Å². The van der Waals surface area contributed by atoms with Crippen LogP contribution in [0.1, 0.15) is 20.3 Å².